The van der Waals surface area contributed by atoms with Crippen LogP contribution >= 0.6 is 0 Å². The second-order valence-electron chi connectivity index (χ2n) is 14.7. The normalized spacial score (nSPS) is 23.3. The van der Waals surface area contributed by atoms with Crippen molar-refractivity contribution in [3.63, 3.8) is 0 Å². The van der Waals surface area contributed by atoms with E-state index in [0.717, 1.165) is 80.3 Å². The molecule has 0 radical (unpaired) electrons. The van der Waals surface area contributed by atoms with Crippen LogP contribution in [0.3, 0.4) is 0 Å². The molecule has 5 heterocycles. The van der Waals surface area contributed by atoms with Gasteiger partial charge in [-0.3, -0.25) is 4.68 Å². The molecule has 8 rings (SSSR count). The van der Waals surface area contributed by atoms with Gasteiger partial charge in [-0.2, -0.15) is 15.1 Å². The zero-order chi connectivity index (χ0) is 32.9. The Bertz CT molecular complexity index is 1810. The average Bonchev–Trinajstić information content (AvgIpc) is 3.75. The van der Waals surface area contributed by atoms with E-state index in [2.05, 4.69) is 24.8 Å². The molecule has 10 heteroatoms. The Balaban J connectivity index is 1.30. The number of phenolic OH excluding ortho intramolecular Hbond substituents is 1. The number of nitrogens with zero attached hydrogens (tertiary/aromatic N) is 5. The van der Waals surface area contributed by atoms with Gasteiger partial charge in [0.25, 0.3) is 0 Å². The minimum atomic E-state index is -0.316. The van der Waals surface area contributed by atoms with Crippen molar-refractivity contribution in [1.82, 2.24) is 19.7 Å². The van der Waals surface area contributed by atoms with Gasteiger partial charge < -0.3 is 24.2 Å². The van der Waals surface area contributed by atoms with Gasteiger partial charge in [-0.05, 0) is 80.9 Å². The third kappa shape index (κ3) is 5.89. The molecule has 3 aliphatic heterocycles. The van der Waals surface area contributed by atoms with Gasteiger partial charge in [0.05, 0.1) is 37.6 Å². The van der Waals surface area contributed by atoms with Crippen LogP contribution in [0.5, 0.6) is 11.8 Å². The lowest BCUT2D eigenvalue weighted by Crippen LogP contribution is -2.39. The monoisotopic (exact) mass is 657 g/mol. The van der Waals surface area contributed by atoms with Crippen molar-refractivity contribution in [3.05, 3.63) is 35.3 Å². The van der Waals surface area contributed by atoms with Crippen molar-refractivity contribution in [2.45, 2.75) is 116 Å². The molecule has 9 nitrogen and oxygen atoms in total. The summed E-state index contributed by atoms with van der Waals surface area (Å²) in [6.07, 6.45) is 12.7. The fraction of sp³-hybridized carbons (Fsp3) is 0.605. The van der Waals surface area contributed by atoms with Gasteiger partial charge in [-0.15, -0.1) is 0 Å². The van der Waals surface area contributed by atoms with Crippen LogP contribution in [0.15, 0.2) is 18.3 Å². The van der Waals surface area contributed by atoms with Gasteiger partial charge in [0.15, 0.2) is 0 Å². The van der Waals surface area contributed by atoms with Crippen molar-refractivity contribution >= 4 is 27.6 Å². The fourth-order valence-electron chi connectivity index (χ4n) is 8.13. The van der Waals surface area contributed by atoms with Crippen molar-refractivity contribution in [2.75, 3.05) is 31.3 Å². The summed E-state index contributed by atoms with van der Waals surface area (Å²) >= 11 is 0. The Kier molecular flexibility index (Phi) is 8.65. The first kappa shape index (κ1) is 31.7. The highest BCUT2D eigenvalue weighted by atomic mass is 19.1. The Morgan fingerprint density at radius 2 is 1.92 bits per heavy atom. The maximum absolute atomic E-state index is 15.9. The van der Waals surface area contributed by atoms with Gasteiger partial charge in [0.2, 0.25) is 0 Å². The number of anilines is 1. The van der Waals surface area contributed by atoms with Crippen LogP contribution in [0.4, 0.5) is 10.2 Å². The number of rotatable bonds is 11. The molecule has 1 N–H and O–H groups in total. The number of halogens is 1. The van der Waals surface area contributed by atoms with Crippen LogP contribution in [-0.4, -0.2) is 69.5 Å². The Morgan fingerprint density at radius 3 is 2.65 bits per heavy atom. The number of fused-ring (bicyclic) bond motifs is 2. The number of hydrogen-bond donors (Lipinski definition) is 1. The van der Waals surface area contributed by atoms with E-state index in [0.29, 0.717) is 59.4 Å². The molecule has 256 valence electrons. The van der Waals surface area contributed by atoms with E-state index in [1.54, 1.807) is 13.0 Å². The highest BCUT2D eigenvalue weighted by molar-refractivity contribution is 6.06. The predicted molar refractivity (Wildman–Crippen MR) is 184 cm³/mol. The SMILES string of the molecule is CCCCC[C@@H]1C[C@H](C)CN1c1nc(OC2COC2)nc2c(O)c(-c3c(C)c(F)cc4c3cnn4CC3CCCCO3)c(C3CC3)cc12. The summed E-state index contributed by atoms with van der Waals surface area (Å²) in [5.41, 5.74) is 4.01. The second kappa shape index (κ2) is 13.1. The van der Waals surface area contributed by atoms with Gasteiger partial charge in [-0.1, -0.05) is 33.1 Å². The van der Waals surface area contributed by atoms with Crippen LogP contribution < -0.4 is 9.64 Å². The first-order chi connectivity index (χ1) is 23.4. The summed E-state index contributed by atoms with van der Waals surface area (Å²) in [4.78, 5) is 12.4. The summed E-state index contributed by atoms with van der Waals surface area (Å²) < 4.78 is 35.4. The quantitative estimate of drug-likeness (QED) is 0.163. The largest absolute Gasteiger partial charge is 0.505 e. The molecular formula is C38H48FN5O4. The molecule has 4 fully saturated rings. The van der Waals surface area contributed by atoms with E-state index in [1.807, 2.05) is 10.9 Å². The maximum Gasteiger partial charge on any atom is 0.319 e. The second-order valence-corrected chi connectivity index (χ2v) is 14.7. The predicted octanol–water partition coefficient (Wildman–Crippen LogP) is 7.82. The number of aromatic nitrogens is 4. The van der Waals surface area contributed by atoms with Crippen LogP contribution in [0, 0.1) is 18.7 Å². The summed E-state index contributed by atoms with van der Waals surface area (Å²) in [6, 6.07) is 4.38. The molecule has 1 unspecified atom stereocenters. The van der Waals surface area contributed by atoms with Crippen molar-refractivity contribution in [1.29, 1.82) is 0 Å². The lowest BCUT2D eigenvalue weighted by molar-refractivity contribution is -0.0829. The molecule has 3 atom stereocenters. The van der Waals surface area contributed by atoms with Gasteiger partial charge in [0.1, 0.15) is 29.0 Å². The van der Waals surface area contributed by atoms with E-state index in [1.165, 1.54) is 19.3 Å². The Hall–Kier alpha value is -3.50. The first-order valence-electron chi connectivity index (χ1n) is 18.2. The highest BCUT2D eigenvalue weighted by Crippen LogP contribution is 2.53. The minimum absolute atomic E-state index is 0.0551. The molecule has 4 aromatic rings. The number of phenols is 1. The number of ether oxygens (including phenoxy) is 3. The van der Waals surface area contributed by atoms with Gasteiger partial charge in [-0.25, -0.2) is 4.39 Å². The van der Waals surface area contributed by atoms with Crippen LogP contribution in [-0.2, 0) is 16.0 Å². The molecule has 1 aliphatic carbocycles. The van der Waals surface area contributed by atoms with E-state index in [9.17, 15) is 5.11 Å². The lowest BCUT2D eigenvalue weighted by atomic mass is 9.88. The third-order valence-corrected chi connectivity index (χ3v) is 10.9. The van der Waals surface area contributed by atoms with Crippen LogP contribution in [0.1, 0.15) is 95.1 Å². The number of aromatic hydroxyl groups is 1. The number of unbranched alkanes of at least 4 members (excludes halogenated alkanes) is 2. The van der Waals surface area contributed by atoms with E-state index < -0.39 is 0 Å². The molecule has 3 saturated heterocycles. The Labute approximate surface area is 281 Å². The average molecular weight is 658 g/mol. The van der Waals surface area contributed by atoms with Gasteiger partial charge >= 0.3 is 6.01 Å². The lowest BCUT2D eigenvalue weighted by Gasteiger charge is -2.29. The summed E-state index contributed by atoms with van der Waals surface area (Å²) in [5.74, 6) is 1.36. The molecule has 1 saturated carbocycles. The summed E-state index contributed by atoms with van der Waals surface area (Å²) in [5, 5.41) is 18.8. The van der Waals surface area contributed by atoms with E-state index in [4.69, 9.17) is 29.3 Å². The molecule has 0 amide bonds. The topological polar surface area (TPSA) is 94.8 Å². The summed E-state index contributed by atoms with van der Waals surface area (Å²) in [6.45, 7) is 9.54. The Morgan fingerprint density at radius 1 is 1.06 bits per heavy atom. The molecule has 4 aliphatic rings. The smallest absolute Gasteiger partial charge is 0.319 e. The number of hydrogen-bond acceptors (Lipinski definition) is 8. The molecule has 0 bridgehead atoms. The molecule has 2 aromatic carbocycles. The first-order valence-corrected chi connectivity index (χ1v) is 18.2. The minimum Gasteiger partial charge on any atom is -0.505 e. The fourth-order valence-corrected chi connectivity index (χ4v) is 8.13. The van der Waals surface area contributed by atoms with Crippen LogP contribution in [0.2, 0.25) is 0 Å². The van der Waals surface area contributed by atoms with Crippen molar-refractivity contribution in [2.24, 2.45) is 5.92 Å². The zero-order valence-electron chi connectivity index (χ0n) is 28.5. The molecule has 48 heavy (non-hydrogen) atoms. The summed E-state index contributed by atoms with van der Waals surface area (Å²) in [7, 11) is 0. The van der Waals surface area contributed by atoms with Crippen molar-refractivity contribution in [3.8, 4) is 22.9 Å². The number of benzene rings is 2. The van der Waals surface area contributed by atoms with Crippen LogP contribution in [0.25, 0.3) is 32.9 Å². The third-order valence-electron chi connectivity index (χ3n) is 10.9. The molecular weight excluding hydrogens is 609 g/mol. The zero-order valence-corrected chi connectivity index (χ0v) is 28.5. The van der Waals surface area contributed by atoms with E-state index in [-0.39, 0.29) is 35.7 Å². The molecule has 0 spiro atoms. The van der Waals surface area contributed by atoms with E-state index >= 15 is 4.39 Å². The highest BCUT2D eigenvalue weighted by Gasteiger charge is 2.36. The molecule has 2 aromatic heterocycles. The van der Waals surface area contributed by atoms with Gasteiger partial charge in [0, 0.05) is 47.2 Å². The maximum atomic E-state index is 15.9. The van der Waals surface area contributed by atoms with Crippen molar-refractivity contribution < 1.29 is 23.7 Å². The standard InChI is InChI=1S/C38H48FN5O4/c1-4-5-6-9-25-14-22(2)18-43(25)37-29-15-28(24-11-12-24)34(36(45)35(29)41-38(42-37)48-27-20-46-21-27)33-23(3)31(39)16-32-30(33)17-40-44(32)19-26-10-7-8-13-47-26/h15-17,22,24-27,45H,4-14,18-21H2,1-3H3/t22-,25+,26?/m0/s1.